The lowest BCUT2D eigenvalue weighted by molar-refractivity contribution is 0.311. The molecule has 3 heterocycles. The molecule has 4 rings (SSSR count). The summed E-state index contributed by atoms with van der Waals surface area (Å²) in [6.45, 7) is 5.67. The second-order valence-electron chi connectivity index (χ2n) is 7.26. The van der Waals surface area contributed by atoms with E-state index < -0.39 is 0 Å². The lowest BCUT2D eigenvalue weighted by Crippen LogP contribution is -2.45. The maximum absolute atomic E-state index is 12.3. The minimum absolute atomic E-state index is 0.264. The van der Waals surface area contributed by atoms with Crippen molar-refractivity contribution < 1.29 is 4.74 Å². The Bertz CT molecular complexity index is 1090. The number of nitrogens with one attached hydrogen (secondary N) is 2. The van der Waals surface area contributed by atoms with E-state index in [1.165, 1.54) is 6.07 Å². The van der Waals surface area contributed by atoms with E-state index in [1.54, 1.807) is 13.3 Å². The van der Waals surface area contributed by atoms with Crippen molar-refractivity contribution in [3.8, 4) is 17.0 Å². The van der Waals surface area contributed by atoms with Crippen LogP contribution in [0.15, 0.2) is 41.3 Å². The number of nitrogens with zero attached hydrogens (tertiary/aromatic N) is 5. The molecule has 0 radical (unpaired) electrons. The molecule has 0 atom stereocenters. The highest BCUT2D eigenvalue weighted by Crippen LogP contribution is 2.26. The zero-order chi connectivity index (χ0) is 21.1. The first-order valence-corrected chi connectivity index (χ1v) is 9.82. The van der Waals surface area contributed by atoms with E-state index in [9.17, 15) is 4.79 Å². The number of rotatable bonds is 5. The lowest BCUT2D eigenvalue weighted by Gasteiger charge is -2.32. The van der Waals surface area contributed by atoms with Gasteiger partial charge in [0, 0.05) is 44.0 Å². The van der Waals surface area contributed by atoms with E-state index in [0.717, 1.165) is 37.4 Å². The Balaban J connectivity index is 1.62. The average Bonchev–Trinajstić information content (AvgIpc) is 2.74. The molecule has 0 unspecified atom stereocenters. The van der Waals surface area contributed by atoms with Crippen LogP contribution in [0.1, 0.15) is 5.69 Å². The van der Waals surface area contributed by atoms with Crippen molar-refractivity contribution in [2.45, 2.75) is 6.92 Å². The summed E-state index contributed by atoms with van der Waals surface area (Å²) in [6.07, 6.45) is 1.74. The zero-order valence-corrected chi connectivity index (χ0v) is 17.3. The van der Waals surface area contributed by atoms with Gasteiger partial charge in [0.15, 0.2) is 0 Å². The summed E-state index contributed by atoms with van der Waals surface area (Å²) in [7, 11) is 3.71. The number of anilines is 3. The SMILES string of the molecule is COc1ccccc1Nc1nc(-c2cnc(N3CCN(C)CC3)nc2C)cc(=O)[nH]1. The molecule has 9 heteroatoms. The summed E-state index contributed by atoms with van der Waals surface area (Å²) in [5, 5.41) is 3.12. The van der Waals surface area contributed by atoms with Gasteiger partial charge in [-0.1, -0.05) is 12.1 Å². The summed E-state index contributed by atoms with van der Waals surface area (Å²) in [4.78, 5) is 33.2. The molecule has 1 aliphatic heterocycles. The van der Waals surface area contributed by atoms with Crippen LogP contribution in [-0.4, -0.2) is 65.2 Å². The molecule has 156 valence electrons. The van der Waals surface area contributed by atoms with Gasteiger partial charge < -0.3 is 19.9 Å². The van der Waals surface area contributed by atoms with Crippen molar-refractivity contribution in [3.05, 3.63) is 52.6 Å². The van der Waals surface area contributed by atoms with Crippen LogP contribution in [0.2, 0.25) is 0 Å². The van der Waals surface area contributed by atoms with Crippen molar-refractivity contribution in [1.29, 1.82) is 0 Å². The molecule has 1 aliphatic rings. The average molecular weight is 407 g/mol. The summed E-state index contributed by atoms with van der Waals surface area (Å²) in [5.74, 6) is 1.69. The summed E-state index contributed by atoms with van der Waals surface area (Å²) >= 11 is 0. The fraction of sp³-hybridized carbons (Fsp3) is 0.333. The molecule has 1 fully saturated rings. The standard InChI is InChI=1S/C21H25N7O2/c1-14-15(13-22-21(23-14)28-10-8-27(2)9-11-28)17-12-19(29)26-20(25-17)24-16-6-4-5-7-18(16)30-3/h4-7,12-13H,8-11H2,1-3H3,(H2,24,25,26,29). The second kappa shape index (κ2) is 8.50. The number of aromatic nitrogens is 4. The maximum atomic E-state index is 12.3. The summed E-state index contributed by atoms with van der Waals surface area (Å²) < 4.78 is 5.35. The number of ether oxygens (including phenoxy) is 1. The molecule has 0 aliphatic carbocycles. The number of aromatic amines is 1. The number of methoxy groups -OCH3 is 1. The first-order chi connectivity index (χ1) is 14.5. The minimum Gasteiger partial charge on any atom is -0.495 e. The molecule has 3 aromatic rings. The van der Waals surface area contributed by atoms with Gasteiger partial charge >= 0.3 is 0 Å². The van der Waals surface area contributed by atoms with Crippen molar-refractivity contribution in [3.63, 3.8) is 0 Å². The van der Waals surface area contributed by atoms with Gasteiger partial charge in [0.2, 0.25) is 11.9 Å². The number of piperazine rings is 1. The summed E-state index contributed by atoms with van der Waals surface area (Å²) in [6, 6.07) is 8.89. The highest BCUT2D eigenvalue weighted by Gasteiger charge is 2.18. The van der Waals surface area contributed by atoms with Crippen molar-refractivity contribution in [2.24, 2.45) is 0 Å². The van der Waals surface area contributed by atoms with E-state index in [2.05, 4.69) is 42.1 Å². The van der Waals surface area contributed by atoms with Gasteiger partial charge in [-0.3, -0.25) is 9.78 Å². The van der Waals surface area contributed by atoms with Gasteiger partial charge in [-0.2, -0.15) is 0 Å². The molecule has 1 aromatic carbocycles. The van der Waals surface area contributed by atoms with Crippen LogP contribution >= 0.6 is 0 Å². The molecule has 1 saturated heterocycles. The topological polar surface area (TPSA) is 99.3 Å². The smallest absolute Gasteiger partial charge is 0.252 e. The number of hydrogen-bond donors (Lipinski definition) is 2. The molecule has 2 N–H and O–H groups in total. The molecule has 0 bridgehead atoms. The Morgan fingerprint density at radius 3 is 2.63 bits per heavy atom. The second-order valence-corrected chi connectivity index (χ2v) is 7.26. The molecule has 9 nitrogen and oxygen atoms in total. The third kappa shape index (κ3) is 4.25. The van der Waals surface area contributed by atoms with Crippen LogP contribution in [-0.2, 0) is 0 Å². The minimum atomic E-state index is -0.264. The molecular weight excluding hydrogens is 382 g/mol. The highest BCUT2D eigenvalue weighted by atomic mass is 16.5. The molecule has 0 amide bonds. The predicted molar refractivity (Wildman–Crippen MR) is 117 cm³/mol. The monoisotopic (exact) mass is 407 g/mol. The van der Waals surface area contributed by atoms with Gasteiger partial charge in [-0.15, -0.1) is 0 Å². The van der Waals surface area contributed by atoms with E-state index in [4.69, 9.17) is 4.74 Å². The quantitative estimate of drug-likeness (QED) is 0.663. The Kier molecular flexibility index (Phi) is 5.62. The molecular formula is C21H25N7O2. The molecule has 0 saturated carbocycles. The number of hydrogen-bond acceptors (Lipinski definition) is 8. The fourth-order valence-electron chi connectivity index (χ4n) is 3.40. The first-order valence-electron chi connectivity index (χ1n) is 9.82. The summed E-state index contributed by atoms with van der Waals surface area (Å²) in [5.41, 5.74) is 2.46. The molecule has 2 aromatic heterocycles. The fourth-order valence-corrected chi connectivity index (χ4v) is 3.40. The predicted octanol–water partition coefficient (Wildman–Crippen LogP) is 2.04. The zero-order valence-electron chi connectivity index (χ0n) is 17.3. The van der Waals surface area contributed by atoms with Crippen LogP contribution in [0.25, 0.3) is 11.3 Å². The van der Waals surface area contributed by atoms with Crippen LogP contribution in [0.5, 0.6) is 5.75 Å². The van der Waals surface area contributed by atoms with Gasteiger partial charge in [-0.25, -0.2) is 15.0 Å². The van der Waals surface area contributed by atoms with E-state index >= 15 is 0 Å². The first kappa shape index (κ1) is 19.8. The van der Waals surface area contributed by atoms with Gasteiger partial charge in [0.25, 0.3) is 5.56 Å². The molecule has 0 spiro atoms. The normalized spacial score (nSPS) is 14.6. The number of H-pyrrole nitrogens is 1. The highest BCUT2D eigenvalue weighted by molar-refractivity contribution is 5.66. The molecule has 30 heavy (non-hydrogen) atoms. The third-order valence-electron chi connectivity index (χ3n) is 5.13. The third-order valence-corrected chi connectivity index (χ3v) is 5.13. The van der Waals surface area contributed by atoms with Crippen LogP contribution in [0, 0.1) is 6.92 Å². The number of para-hydroxylation sites is 2. The van der Waals surface area contributed by atoms with Crippen molar-refractivity contribution >= 4 is 17.6 Å². The Morgan fingerprint density at radius 2 is 1.90 bits per heavy atom. The Morgan fingerprint density at radius 1 is 1.13 bits per heavy atom. The number of benzene rings is 1. The van der Waals surface area contributed by atoms with Gasteiger partial charge in [0.05, 0.1) is 24.2 Å². The van der Waals surface area contributed by atoms with Crippen molar-refractivity contribution in [2.75, 3.05) is 50.6 Å². The Labute approximate surface area is 174 Å². The van der Waals surface area contributed by atoms with E-state index in [0.29, 0.717) is 29.0 Å². The van der Waals surface area contributed by atoms with Crippen LogP contribution in [0.3, 0.4) is 0 Å². The maximum Gasteiger partial charge on any atom is 0.252 e. The van der Waals surface area contributed by atoms with Gasteiger partial charge in [-0.05, 0) is 26.1 Å². The number of likely N-dealkylation sites (N-methyl/N-ethyl adjacent to an activating group) is 1. The Hall–Kier alpha value is -3.46. The van der Waals surface area contributed by atoms with Gasteiger partial charge in [0.1, 0.15) is 5.75 Å². The van der Waals surface area contributed by atoms with E-state index in [1.807, 2.05) is 31.2 Å². The van der Waals surface area contributed by atoms with Crippen LogP contribution < -0.4 is 20.5 Å². The van der Waals surface area contributed by atoms with Crippen LogP contribution in [0.4, 0.5) is 17.6 Å². The largest absolute Gasteiger partial charge is 0.495 e. The number of aryl methyl sites for hydroxylation is 1. The van der Waals surface area contributed by atoms with E-state index in [-0.39, 0.29) is 5.56 Å². The lowest BCUT2D eigenvalue weighted by atomic mass is 10.2. The van der Waals surface area contributed by atoms with Crippen molar-refractivity contribution in [1.82, 2.24) is 24.8 Å².